The fourth-order valence-corrected chi connectivity index (χ4v) is 2.91. The Balaban J connectivity index is 2.34. The maximum Gasteiger partial charge on any atom is 0.345 e. The van der Waals surface area contributed by atoms with E-state index in [-0.39, 0.29) is 12.5 Å². The van der Waals surface area contributed by atoms with Gasteiger partial charge < -0.3 is 10.1 Å². The molecule has 0 aliphatic carbocycles. The second-order valence-corrected chi connectivity index (χ2v) is 6.62. The molecule has 0 aliphatic heterocycles. The molecule has 0 bridgehead atoms. The Labute approximate surface area is 155 Å². The lowest BCUT2D eigenvalue weighted by Gasteiger charge is -2.23. The first-order valence-corrected chi connectivity index (χ1v) is 8.93. The number of hydroxylamine groups is 1. The van der Waals surface area contributed by atoms with Crippen LogP contribution in [0.5, 0.6) is 5.75 Å². The van der Waals surface area contributed by atoms with Gasteiger partial charge in [0.2, 0.25) is 0 Å². The van der Waals surface area contributed by atoms with Crippen molar-refractivity contribution in [3.63, 3.8) is 0 Å². The number of anilines is 1. The highest BCUT2D eigenvalue weighted by Crippen LogP contribution is 2.32. The number of aryl methyl sites for hydroxylation is 2. The predicted molar refractivity (Wildman–Crippen MR) is 104 cm³/mol. The van der Waals surface area contributed by atoms with Gasteiger partial charge in [-0.2, -0.15) is 5.06 Å². The molecular weight excluding hydrogens is 328 g/mol. The van der Waals surface area contributed by atoms with Gasteiger partial charge in [0.1, 0.15) is 12.4 Å². The first-order chi connectivity index (χ1) is 12.4. The topological polar surface area (TPSA) is 61.8 Å². The highest BCUT2D eigenvalue weighted by Gasteiger charge is 2.21. The number of hydrogen-bond donors (Lipinski definition) is 2. The van der Waals surface area contributed by atoms with Crippen LogP contribution in [0.3, 0.4) is 0 Å². The summed E-state index contributed by atoms with van der Waals surface area (Å²) >= 11 is 0. The van der Waals surface area contributed by atoms with Gasteiger partial charge in [-0.3, -0.25) is 5.21 Å². The van der Waals surface area contributed by atoms with Crippen LogP contribution in [0.1, 0.15) is 48.9 Å². The largest absolute Gasteiger partial charge is 0.489 e. The van der Waals surface area contributed by atoms with E-state index in [1.54, 1.807) is 0 Å². The molecular formula is C21H28N2O3. The maximum atomic E-state index is 12.0. The number of carbonyl (C=O) groups is 1. The van der Waals surface area contributed by atoms with Crippen LogP contribution in [-0.2, 0) is 13.0 Å². The number of ether oxygens (including phenoxy) is 1. The van der Waals surface area contributed by atoms with Gasteiger partial charge in [-0.25, -0.2) is 4.79 Å². The summed E-state index contributed by atoms with van der Waals surface area (Å²) in [5, 5.41) is 13.5. The summed E-state index contributed by atoms with van der Waals surface area (Å²) in [7, 11) is 1.48. The highest BCUT2D eigenvalue weighted by molar-refractivity contribution is 5.91. The Bertz CT molecular complexity index is 772. The van der Waals surface area contributed by atoms with Gasteiger partial charge in [-0.1, -0.05) is 51.1 Å². The minimum absolute atomic E-state index is 0.148. The lowest BCUT2D eigenvalue weighted by Crippen LogP contribution is -2.36. The van der Waals surface area contributed by atoms with E-state index in [0.717, 1.165) is 28.9 Å². The number of carbonyl (C=O) groups excluding carboxylic acids is 1. The molecule has 0 radical (unpaired) electrons. The number of benzene rings is 2. The predicted octanol–water partition coefficient (Wildman–Crippen LogP) is 4.79. The Kier molecular flexibility index (Phi) is 6.64. The van der Waals surface area contributed by atoms with Crippen molar-refractivity contribution in [1.82, 2.24) is 5.32 Å². The van der Waals surface area contributed by atoms with Crippen molar-refractivity contribution in [3.05, 3.63) is 58.7 Å². The van der Waals surface area contributed by atoms with Crippen molar-refractivity contribution in [3.8, 4) is 5.75 Å². The zero-order valence-corrected chi connectivity index (χ0v) is 16.2. The Morgan fingerprint density at radius 3 is 2.58 bits per heavy atom. The van der Waals surface area contributed by atoms with Crippen molar-refractivity contribution in [2.45, 2.75) is 46.6 Å². The van der Waals surface area contributed by atoms with E-state index in [1.165, 1.54) is 12.6 Å². The molecule has 0 saturated carbocycles. The van der Waals surface area contributed by atoms with Gasteiger partial charge in [0.05, 0.1) is 5.69 Å². The number of amides is 2. The summed E-state index contributed by atoms with van der Waals surface area (Å²) in [6.07, 6.45) is 0.979. The third-order valence-corrected chi connectivity index (χ3v) is 4.42. The molecule has 0 aromatic heterocycles. The van der Waals surface area contributed by atoms with Gasteiger partial charge in [0.15, 0.2) is 0 Å². The number of para-hydroxylation sites is 1. The summed E-state index contributed by atoms with van der Waals surface area (Å²) in [5.41, 5.74) is 4.44. The van der Waals surface area contributed by atoms with Gasteiger partial charge in [0, 0.05) is 12.6 Å². The van der Waals surface area contributed by atoms with Crippen molar-refractivity contribution >= 4 is 11.7 Å². The molecule has 0 saturated heterocycles. The highest BCUT2D eigenvalue weighted by atomic mass is 16.5. The number of urea groups is 1. The van der Waals surface area contributed by atoms with Crippen molar-refractivity contribution < 1.29 is 14.7 Å². The molecule has 2 aromatic carbocycles. The molecule has 5 heteroatoms. The van der Waals surface area contributed by atoms with Crippen LogP contribution in [0.2, 0.25) is 0 Å². The summed E-state index contributed by atoms with van der Waals surface area (Å²) < 4.78 is 5.99. The van der Waals surface area contributed by atoms with Crippen molar-refractivity contribution in [1.29, 1.82) is 0 Å². The molecule has 0 atom stereocenters. The summed E-state index contributed by atoms with van der Waals surface area (Å²) in [4.78, 5) is 12.0. The zero-order valence-electron chi connectivity index (χ0n) is 16.2. The van der Waals surface area contributed by atoms with Crippen LogP contribution < -0.4 is 15.1 Å². The van der Waals surface area contributed by atoms with Gasteiger partial charge in [-0.05, 0) is 42.0 Å². The molecule has 0 spiro atoms. The first-order valence-electron chi connectivity index (χ1n) is 8.93. The fraction of sp³-hybridized carbons (Fsp3) is 0.381. The van der Waals surface area contributed by atoms with E-state index in [2.05, 4.69) is 24.4 Å². The standard InChI is InChI=1S/C21H28N2O3/c1-6-16-10-11-19(15(4)12-16)26-13-17-8-7-9-18(14(2)3)20(17)23(25)21(24)22-5/h7-12,14,25H,6,13H2,1-5H3,(H,22,24). The molecule has 5 nitrogen and oxygen atoms in total. The number of nitrogens with one attached hydrogen (secondary N) is 1. The molecule has 2 N–H and O–H groups in total. The summed E-state index contributed by atoms with van der Waals surface area (Å²) in [6, 6.07) is 11.3. The van der Waals surface area contributed by atoms with Gasteiger partial charge in [-0.15, -0.1) is 0 Å². The van der Waals surface area contributed by atoms with E-state index in [1.807, 2.05) is 45.0 Å². The van der Waals surface area contributed by atoms with E-state index in [0.29, 0.717) is 10.8 Å². The van der Waals surface area contributed by atoms with Gasteiger partial charge in [0.25, 0.3) is 0 Å². The number of hydrogen-bond acceptors (Lipinski definition) is 3. The maximum absolute atomic E-state index is 12.0. The lowest BCUT2D eigenvalue weighted by atomic mass is 9.97. The quantitative estimate of drug-likeness (QED) is 0.577. The molecule has 0 aliphatic rings. The van der Waals surface area contributed by atoms with Crippen LogP contribution in [0, 0.1) is 6.92 Å². The van der Waals surface area contributed by atoms with E-state index in [4.69, 9.17) is 4.74 Å². The third kappa shape index (κ3) is 4.35. The molecule has 2 rings (SSSR count). The summed E-state index contributed by atoms with van der Waals surface area (Å²) in [6.45, 7) is 8.44. The Morgan fingerprint density at radius 2 is 2.00 bits per heavy atom. The van der Waals surface area contributed by atoms with Crippen LogP contribution in [0.15, 0.2) is 36.4 Å². The van der Waals surface area contributed by atoms with Crippen LogP contribution in [-0.4, -0.2) is 18.3 Å². The molecule has 2 aromatic rings. The second-order valence-electron chi connectivity index (χ2n) is 6.62. The average Bonchev–Trinajstić information content (AvgIpc) is 2.65. The fourth-order valence-electron chi connectivity index (χ4n) is 2.91. The van der Waals surface area contributed by atoms with E-state index < -0.39 is 6.03 Å². The molecule has 0 fully saturated rings. The van der Waals surface area contributed by atoms with Crippen LogP contribution in [0.4, 0.5) is 10.5 Å². The number of rotatable bonds is 6. The van der Waals surface area contributed by atoms with Gasteiger partial charge >= 0.3 is 6.03 Å². The minimum Gasteiger partial charge on any atom is -0.489 e. The van der Waals surface area contributed by atoms with Crippen molar-refractivity contribution in [2.75, 3.05) is 12.1 Å². The SMILES string of the molecule is CCc1ccc(OCc2cccc(C(C)C)c2N(O)C(=O)NC)c(C)c1. The molecule has 0 unspecified atom stereocenters. The average molecular weight is 356 g/mol. The minimum atomic E-state index is -0.581. The first kappa shape index (κ1) is 19.8. The lowest BCUT2D eigenvalue weighted by molar-refractivity contribution is 0.205. The molecule has 2 amide bonds. The molecule has 26 heavy (non-hydrogen) atoms. The zero-order chi connectivity index (χ0) is 19.3. The number of nitrogens with zero attached hydrogens (tertiary/aromatic N) is 1. The normalized spacial score (nSPS) is 10.7. The monoisotopic (exact) mass is 356 g/mol. The Hall–Kier alpha value is -2.53. The molecule has 0 heterocycles. The summed E-state index contributed by atoms with van der Waals surface area (Å²) in [5.74, 6) is 0.947. The van der Waals surface area contributed by atoms with E-state index in [9.17, 15) is 10.0 Å². The van der Waals surface area contributed by atoms with E-state index >= 15 is 0 Å². The van der Waals surface area contributed by atoms with Crippen LogP contribution in [0.25, 0.3) is 0 Å². The Morgan fingerprint density at radius 1 is 1.27 bits per heavy atom. The van der Waals surface area contributed by atoms with Crippen molar-refractivity contribution in [2.24, 2.45) is 0 Å². The smallest absolute Gasteiger partial charge is 0.345 e. The van der Waals surface area contributed by atoms with Crippen LogP contribution >= 0.6 is 0 Å². The molecule has 140 valence electrons. The second kappa shape index (κ2) is 8.72. The third-order valence-electron chi connectivity index (χ3n) is 4.42.